The summed E-state index contributed by atoms with van der Waals surface area (Å²) >= 11 is 2.54. The second-order valence-electron chi connectivity index (χ2n) is 6.09. The third kappa shape index (κ3) is 3.45. The molecule has 0 saturated heterocycles. The Morgan fingerprint density at radius 1 is 1.27 bits per heavy atom. The van der Waals surface area contributed by atoms with Gasteiger partial charge in [-0.3, -0.25) is 4.90 Å². The second kappa shape index (κ2) is 4.36. The van der Waals surface area contributed by atoms with Crippen LogP contribution in [0.3, 0.4) is 0 Å². The Morgan fingerprint density at radius 3 is 2.13 bits per heavy atom. The van der Waals surface area contributed by atoms with E-state index in [9.17, 15) is 0 Å². The molecule has 0 aliphatic carbocycles. The van der Waals surface area contributed by atoms with Crippen LogP contribution in [-0.2, 0) is 0 Å². The zero-order valence-corrected chi connectivity index (χ0v) is 13.1. The second-order valence-corrected chi connectivity index (χ2v) is 8.73. The highest BCUT2D eigenvalue weighted by Crippen LogP contribution is 2.36. The van der Waals surface area contributed by atoms with Crippen molar-refractivity contribution in [1.29, 1.82) is 0 Å². The largest absolute Gasteiger partial charge is 0.283 e. The number of hydrogen-bond acceptors (Lipinski definition) is 1. The third-order valence-corrected chi connectivity index (χ3v) is 3.85. The Labute approximate surface area is 108 Å². The summed E-state index contributed by atoms with van der Waals surface area (Å²) in [5, 5.41) is 0. The summed E-state index contributed by atoms with van der Waals surface area (Å²) in [5.41, 5.74) is 1.96. The molecular weight excluding hydrogens is 297 g/mol. The highest BCUT2D eigenvalue weighted by Gasteiger charge is 2.32. The minimum Gasteiger partial charge on any atom is -0.283 e. The van der Waals surface area contributed by atoms with Crippen LogP contribution in [0, 0.1) is 5.41 Å². The van der Waals surface area contributed by atoms with E-state index in [1.54, 1.807) is 5.57 Å². The van der Waals surface area contributed by atoms with Crippen LogP contribution >= 0.6 is 22.6 Å². The maximum atomic E-state index is 2.57. The van der Waals surface area contributed by atoms with Gasteiger partial charge in [0.15, 0.2) is 0 Å². The predicted octanol–water partition coefficient (Wildman–Crippen LogP) is 4.22. The summed E-state index contributed by atoms with van der Waals surface area (Å²) in [6.45, 7) is 15.0. The van der Waals surface area contributed by atoms with Gasteiger partial charge in [0.25, 0.3) is 0 Å². The lowest BCUT2D eigenvalue weighted by molar-refractivity contribution is 0.154. The molecular formula is C13H24IN. The van der Waals surface area contributed by atoms with Crippen molar-refractivity contribution in [3.05, 3.63) is 11.6 Å². The van der Waals surface area contributed by atoms with Gasteiger partial charge in [0.05, 0.1) is 3.55 Å². The van der Waals surface area contributed by atoms with E-state index in [1.807, 2.05) is 0 Å². The molecule has 88 valence electrons. The van der Waals surface area contributed by atoms with E-state index in [1.165, 1.54) is 6.42 Å². The Kier molecular flexibility index (Phi) is 3.92. The van der Waals surface area contributed by atoms with Crippen LogP contribution in [0.25, 0.3) is 0 Å². The SMILES string of the molecule is C[C@@H]1CC(C(C)(C)C)=CCN1C(C)(C)I. The molecule has 0 aromatic carbocycles. The molecule has 1 heterocycles. The first-order valence-corrected chi connectivity index (χ1v) is 6.85. The van der Waals surface area contributed by atoms with Crippen LogP contribution in [0.4, 0.5) is 0 Å². The molecule has 1 aliphatic rings. The van der Waals surface area contributed by atoms with Crippen LogP contribution in [0.5, 0.6) is 0 Å². The Hall–Kier alpha value is 0.430. The molecule has 0 aromatic heterocycles. The van der Waals surface area contributed by atoms with Gasteiger partial charge in [-0.25, -0.2) is 0 Å². The molecule has 1 rings (SSSR count). The molecule has 1 atom stereocenters. The van der Waals surface area contributed by atoms with Gasteiger partial charge in [0, 0.05) is 12.6 Å². The van der Waals surface area contributed by atoms with E-state index in [0.717, 1.165) is 6.54 Å². The van der Waals surface area contributed by atoms with Crippen molar-refractivity contribution < 1.29 is 0 Å². The average molecular weight is 321 g/mol. The molecule has 0 bridgehead atoms. The lowest BCUT2D eigenvalue weighted by Gasteiger charge is -2.43. The summed E-state index contributed by atoms with van der Waals surface area (Å²) in [6, 6.07) is 0.663. The minimum atomic E-state index is 0.261. The highest BCUT2D eigenvalue weighted by molar-refractivity contribution is 14.1. The molecule has 0 saturated carbocycles. The standard InChI is InChI=1S/C13H24IN/c1-10-9-11(12(2,3)4)7-8-15(10)13(5,6)14/h7,10H,8-9H2,1-6H3/t10-/m1/s1. The van der Waals surface area contributed by atoms with E-state index in [4.69, 9.17) is 0 Å². The number of halogens is 1. The fourth-order valence-corrected chi connectivity index (χ4v) is 2.93. The molecule has 0 aromatic rings. The molecule has 0 N–H and O–H groups in total. The number of rotatable bonds is 1. The predicted molar refractivity (Wildman–Crippen MR) is 76.4 cm³/mol. The normalized spacial score (nSPS) is 25.3. The minimum absolute atomic E-state index is 0.261. The number of alkyl halides is 1. The summed E-state index contributed by atoms with van der Waals surface area (Å²) in [7, 11) is 0. The first-order valence-electron chi connectivity index (χ1n) is 5.77. The monoisotopic (exact) mass is 321 g/mol. The van der Waals surface area contributed by atoms with E-state index in [2.05, 4.69) is 75.1 Å². The van der Waals surface area contributed by atoms with E-state index < -0.39 is 0 Å². The zero-order valence-electron chi connectivity index (χ0n) is 10.9. The molecule has 2 heteroatoms. The van der Waals surface area contributed by atoms with Crippen molar-refractivity contribution in [3.63, 3.8) is 0 Å². The average Bonchev–Trinajstić information content (AvgIpc) is 1.99. The molecule has 15 heavy (non-hydrogen) atoms. The van der Waals surface area contributed by atoms with Gasteiger partial charge in [-0.2, -0.15) is 0 Å². The van der Waals surface area contributed by atoms with Crippen molar-refractivity contribution in [2.24, 2.45) is 5.41 Å². The van der Waals surface area contributed by atoms with Gasteiger partial charge < -0.3 is 0 Å². The molecule has 0 spiro atoms. The Morgan fingerprint density at radius 2 is 1.80 bits per heavy atom. The van der Waals surface area contributed by atoms with E-state index in [0.29, 0.717) is 11.5 Å². The van der Waals surface area contributed by atoms with E-state index >= 15 is 0 Å². The van der Waals surface area contributed by atoms with Crippen molar-refractivity contribution in [1.82, 2.24) is 4.90 Å². The van der Waals surface area contributed by atoms with Crippen LogP contribution in [0.15, 0.2) is 11.6 Å². The summed E-state index contributed by atoms with van der Waals surface area (Å²) in [5.74, 6) is 0. The fourth-order valence-electron chi connectivity index (χ4n) is 2.25. The molecule has 1 nitrogen and oxygen atoms in total. The fraction of sp³-hybridized carbons (Fsp3) is 0.846. The topological polar surface area (TPSA) is 3.24 Å². The van der Waals surface area contributed by atoms with Crippen LogP contribution in [-0.4, -0.2) is 21.0 Å². The van der Waals surface area contributed by atoms with E-state index in [-0.39, 0.29) is 3.55 Å². The van der Waals surface area contributed by atoms with Crippen molar-refractivity contribution in [2.45, 2.75) is 57.6 Å². The van der Waals surface area contributed by atoms with Gasteiger partial charge in [-0.05, 0) is 32.6 Å². The Bertz CT molecular complexity index is 255. The zero-order chi connectivity index (χ0) is 11.9. The van der Waals surface area contributed by atoms with Crippen molar-refractivity contribution in [2.75, 3.05) is 6.54 Å². The molecule has 0 fully saturated rings. The maximum Gasteiger partial charge on any atom is 0.0678 e. The highest BCUT2D eigenvalue weighted by atomic mass is 127. The third-order valence-electron chi connectivity index (χ3n) is 3.23. The van der Waals surface area contributed by atoms with Gasteiger partial charge in [0.2, 0.25) is 0 Å². The van der Waals surface area contributed by atoms with Gasteiger partial charge in [0.1, 0.15) is 0 Å². The van der Waals surface area contributed by atoms with Crippen LogP contribution < -0.4 is 0 Å². The van der Waals surface area contributed by atoms with Gasteiger partial charge in [-0.1, -0.05) is 55.0 Å². The number of hydrogen-bond donors (Lipinski definition) is 0. The summed E-state index contributed by atoms with van der Waals surface area (Å²) in [4.78, 5) is 2.57. The maximum absolute atomic E-state index is 2.57. The van der Waals surface area contributed by atoms with Gasteiger partial charge >= 0.3 is 0 Å². The first-order chi connectivity index (χ1) is 6.62. The Balaban J connectivity index is 2.81. The lowest BCUT2D eigenvalue weighted by atomic mass is 9.80. The summed E-state index contributed by atoms with van der Waals surface area (Å²) in [6.07, 6.45) is 3.65. The molecule has 0 unspecified atom stereocenters. The van der Waals surface area contributed by atoms with Crippen LogP contribution in [0.1, 0.15) is 48.0 Å². The molecule has 1 aliphatic heterocycles. The quantitative estimate of drug-likeness (QED) is 0.302. The van der Waals surface area contributed by atoms with Gasteiger partial charge in [-0.15, -0.1) is 0 Å². The van der Waals surface area contributed by atoms with Crippen LogP contribution in [0.2, 0.25) is 0 Å². The van der Waals surface area contributed by atoms with Crippen molar-refractivity contribution >= 4 is 22.6 Å². The first kappa shape index (κ1) is 13.5. The van der Waals surface area contributed by atoms with Crippen molar-refractivity contribution in [3.8, 4) is 0 Å². The molecule has 0 amide bonds. The molecule has 0 radical (unpaired) electrons. The smallest absolute Gasteiger partial charge is 0.0678 e. The summed E-state index contributed by atoms with van der Waals surface area (Å²) < 4.78 is 0.261. The number of nitrogens with zero attached hydrogens (tertiary/aromatic N) is 1. The lowest BCUT2D eigenvalue weighted by Crippen LogP contribution is -2.47.